The van der Waals surface area contributed by atoms with Crippen LogP contribution < -0.4 is 5.32 Å². The second kappa shape index (κ2) is 55.2. The highest BCUT2D eigenvalue weighted by molar-refractivity contribution is 5.76. The summed E-state index contributed by atoms with van der Waals surface area (Å²) >= 11 is 0. The molecule has 0 aromatic carbocycles. The van der Waals surface area contributed by atoms with E-state index < -0.39 is 18.2 Å². The minimum atomic E-state index is -1.17. The molecule has 0 aromatic rings. The Morgan fingerprint density at radius 2 is 0.631 bits per heavy atom. The van der Waals surface area contributed by atoms with Gasteiger partial charge >= 0.3 is 0 Å². The van der Waals surface area contributed by atoms with Gasteiger partial charge in [0.2, 0.25) is 5.91 Å². The van der Waals surface area contributed by atoms with Crippen molar-refractivity contribution in [2.24, 2.45) is 0 Å². The summed E-state index contributed by atoms with van der Waals surface area (Å²) in [5, 5.41) is 33.7. The summed E-state index contributed by atoms with van der Waals surface area (Å²) in [6.45, 7) is 4.20. The fourth-order valence-electron chi connectivity index (χ4n) is 9.18. The van der Waals surface area contributed by atoms with Crippen LogP contribution in [0.3, 0.4) is 0 Å². The van der Waals surface area contributed by atoms with Crippen LogP contribution in [0, 0.1) is 0 Å². The number of aliphatic hydroxyl groups is 3. The molecule has 0 spiro atoms. The van der Waals surface area contributed by atoms with E-state index in [9.17, 15) is 20.1 Å². The van der Waals surface area contributed by atoms with Gasteiger partial charge in [-0.15, -0.1) is 0 Å². The Bertz CT molecular complexity index is 1010. The molecule has 0 rings (SSSR count). The number of nitrogens with one attached hydrogen (secondary N) is 1. The maximum atomic E-state index is 12.5. The number of hydrogen-bond acceptors (Lipinski definition) is 4. The molecule has 0 fully saturated rings. The molecule has 65 heavy (non-hydrogen) atoms. The molecule has 384 valence electrons. The molecule has 0 aliphatic rings. The molecule has 0 bridgehead atoms. The van der Waals surface area contributed by atoms with E-state index in [-0.39, 0.29) is 12.5 Å². The van der Waals surface area contributed by atoms with Gasteiger partial charge in [-0.1, -0.05) is 269 Å². The Labute approximate surface area is 406 Å². The molecule has 4 N–H and O–H groups in total. The summed E-state index contributed by atoms with van der Waals surface area (Å²) in [6, 6.07) is -0.833. The first-order valence-electron chi connectivity index (χ1n) is 29.3. The number of unbranched alkanes of at least 4 members (excludes halogenated alkanes) is 40. The fourth-order valence-corrected chi connectivity index (χ4v) is 9.18. The second-order valence-electron chi connectivity index (χ2n) is 20.2. The van der Waals surface area contributed by atoms with E-state index in [1.165, 1.54) is 244 Å². The number of rotatable bonds is 54. The van der Waals surface area contributed by atoms with Crippen molar-refractivity contribution in [3.63, 3.8) is 0 Å². The number of aliphatic hydroxyl groups excluding tert-OH is 3. The van der Waals surface area contributed by atoms with Gasteiger partial charge in [-0.05, 0) is 77.0 Å². The monoisotopic (exact) mass is 914 g/mol. The van der Waals surface area contributed by atoms with Crippen LogP contribution in [0.2, 0.25) is 0 Å². The number of carbonyl (C=O) groups is 1. The summed E-state index contributed by atoms with van der Waals surface area (Å²) in [4.78, 5) is 12.5. The average Bonchev–Trinajstić information content (AvgIpc) is 3.31. The average molecular weight is 915 g/mol. The third-order valence-corrected chi connectivity index (χ3v) is 13.7. The predicted octanol–water partition coefficient (Wildman–Crippen LogP) is 18.2. The number of hydrogen-bond donors (Lipinski definition) is 4. The topological polar surface area (TPSA) is 89.8 Å². The van der Waals surface area contributed by atoms with E-state index in [1.807, 2.05) is 0 Å². The van der Waals surface area contributed by atoms with Crippen LogP contribution >= 0.6 is 0 Å². The van der Waals surface area contributed by atoms with Crippen molar-refractivity contribution in [1.82, 2.24) is 5.32 Å². The molecule has 3 unspecified atom stereocenters. The highest BCUT2D eigenvalue weighted by atomic mass is 16.3. The van der Waals surface area contributed by atoms with E-state index in [0.717, 1.165) is 44.9 Å². The first-order chi connectivity index (χ1) is 32.1. The van der Waals surface area contributed by atoms with Crippen LogP contribution in [-0.4, -0.2) is 46.1 Å². The van der Waals surface area contributed by atoms with Gasteiger partial charge in [0.1, 0.15) is 6.10 Å². The lowest BCUT2D eigenvalue weighted by Crippen LogP contribution is -2.50. The van der Waals surface area contributed by atoms with Crippen LogP contribution in [-0.2, 0) is 4.79 Å². The van der Waals surface area contributed by atoms with Gasteiger partial charge in [-0.25, -0.2) is 0 Å². The van der Waals surface area contributed by atoms with Crippen molar-refractivity contribution >= 4 is 5.91 Å². The maximum absolute atomic E-state index is 12.5. The summed E-state index contributed by atoms with van der Waals surface area (Å²) < 4.78 is 0. The molecule has 3 atom stereocenters. The first-order valence-corrected chi connectivity index (χ1v) is 29.3. The SMILES string of the molecule is CCCCCCCCCCCCCC/C=C\CCCCCCCCCCCCCCCCC(=O)NC(CO)C(O)C(O)CCC/C=C/CC/C=C/CCCCCCCCCCCCCC. The van der Waals surface area contributed by atoms with Gasteiger partial charge in [-0.3, -0.25) is 4.79 Å². The van der Waals surface area contributed by atoms with E-state index in [0.29, 0.717) is 12.8 Å². The van der Waals surface area contributed by atoms with Crippen LogP contribution in [0.15, 0.2) is 36.5 Å². The standard InChI is InChI=1S/C60H115NO4/c1-3-5-7-9-11-13-15-17-19-21-23-25-26-27-28-29-30-31-32-33-35-37-39-41-43-45-47-49-51-53-55-59(64)61-57(56-62)60(65)58(63)54-52-50-48-46-44-42-40-38-36-34-24-22-20-18-16-14-12-10-8-6-4-2/h27-28,38,40,46,48,57-58,60,62-63,65H,3-26,29-37,39,41-45,47,49-56H2,1-2H3,(H,61,64)/b28-27-,40-38+,48-46+. The van der Waals surface area contributed by atoms with E-state index in [4.69, 9.17) is 0 Å². The van der Waals surface area contributed by atoms with Crippen molar-refractivity contribution < 1.29 is 20.1 Å². The summed E-state index contributed by atoms with van der Waals surface area (Å²) in [6.07, 6.45) is 71.7. The number of allylic oxidation sites excluding steroid dienone is 6. The van der Waals surface area contributed by atoms with Crippen molar-refractivity contribution in [2.75, 3.05) is 6.61 Å². The lowest BCUT2D eigenvalue weighted by molar-refractivity contribution is -0.124. The summed E-state index contributed by atoms with van der Waals surface area (Å²) in [5.41, 5.74) is 0. The second-order valence-corrected chi connectivity index (χ2v) is 20.2. The van der Waals surface area contributed by atoms with Gasteiger partial charge in [0.05, 0.1) is 18.8 Å². The van der Waals surface area contributed by atoms with E-state index in [2.05, 4.69) is 55.6 Å². The van der Waals surface area contributed by atoms with Gasteiger partial charge in [0, 0.05) is 6.42 Å². The smallest absolute Gasteiger partial charge is 0.220 e. The quantitative estimate of drug-likeness (QED) is 0.0361. The molecular formula is C60H115NO4. The molecular weight excluding hydrogens is 799 g/mol. The minimum Gasteiger partial charge on any atom is -0.394 e. The van der Waals surface area contributed by atoms with Gasteiger partial charge < -0.3 is 20.6 Å². The van der Waals surface area contributed by atoms with Crippen molar-refractivity contribution in [2.45, 2.75) is 334 Å². The lowest BCUT2D eigenvalue weighted by Gasteiger charge is -2.26. The van der Waals surface area contributed by atoms with Crippen LogP contribution in [0.4, 0.5) is 0 Å². The molecule has 5 nitrogen and oxygen atoms in total. The van der Waals surface area contributed by atoms with Crippen molar-refractivity contribution in [3.8, 4) is 0 Å². The third kappa shape index (κ3) is 50.3. The van der Waals surface area contributed by atoms with Crippen LogP contribution in [0.25, 0.3) is 0 Å². The zero-order chi connectivity index (χ0) is 47.2. The number of amides is 1. The fraction of sp³-hybridized carbons (Fsp3) is 0.883. The van der Waals surface area contributed by atoms with Crippen molar-refractivity contribution in [1.29, 1.82) is 0 Å². The maximum Gasteiger partial charge on any atom is 0.220 e. The minimum absolute atomic E-state index is 0.154. The van der Waals surface area contributed by atoms with Crippen LogP contribution in [0.1, 0.15) is 316 Å². The molecule has 0 heterocycles. The molecule has 0 aromatic heterocycles. The van der Waals surface area contributed by atoms with Gasteiger partial charge in [0.25, 0.3) is 0 Å². The highest BCUT2D eigenvalue weighted by Gasteiger charge is 2.26. The molecule has 0 radical (unpaired) electrons. The van der Waals surface area contributed by atoms with Gasteiger partial charge in [0.15, 0.2) is 0 Å². The zero-order valence-electron chi connectivity index (χ0n) is 43.9. The molecule has 0 aliphatic carbocycles. The van der Waals surface area contributed by atoms with Crippen molar-refractivity contribution in [3.05, 3.63) is 36.5 Å². The Morgan fingerprint density at radius 1 is 0.369 bits per heavy atom. The Hall–Kier alpha value is -1.43. The number of carbonyl (C=O) groups excluding carboxylic acids is 1. The first kappa shape index (κ1) is 63.6. The Morgan fingerprint density at radius 3 is 0.938 bits per heavy atom. The molecule has 0 saturated carbocycles. The van der Waals surface area contributed by atoms with Gasteiger partial charge in [-0.2, -0.15) is 0 Å². The van der Waals surface area contributed by atoms with E-state index in [1.54, 1.807) is 0 Å². The molecule has 5 heteroatoms. The summed E-state index contributed by atoms with van der Waals surface area (Å²) in [5.74, 6) is -0.154. The third-order valence-electron chi connectivity index (χ3n) is 13.7. The predicted molar refractivity (Wildman–Crippen MR) is 287 cm³/mol. The summed E-state index contributed by atoms with van der Waals surface area (Å²) in [7, 11) is 0. The zero-order valence-corrected chi connectivity index (χ0v) is 43.9. The largest absolute Gasteiger partial charge is 0.394 e. The van der Waals surface area contributed by atoms with Crippen LogP contribution in [0.5, 0.6) is 0 Å². The molecule has 0 aliphatic heterocycles. The normalized spacial score (nSPS) is 13.5. The lowest BCUT2D eigenvalue weighted by atomic mass is 10.0. The Kier molecular flexibility index (Phi) is 54.0. The molecule has 0 saturated heterocycles. The highest BCUT2D eigenvalue weighted by Crippen LogP contribution is 2.17. The van der Waals surface area contributed by atoms with E-state index >= 15 is 0 Å². The molecule has 1 amide bonds. The Balaban J connectivity index is 3.56.